The van der Waals surface area contributed by atoms with Crippen LogP contribution in [-0.4, -0.2) is 29.5 Å². The van der Waals surface area contributed by atoms with E-state index in [0.717, 1.165) is 0 Å². The van der Waals surface area contributed by atoms with Crippen molar-refractivity contribution in [2.24, 2.45) is 0 Å². The quantitative estimate of drug-likeness (QED) is 0.589. The Morgan fingerprint density at radius 1 is 1.44 bits per heavy atom. The van der Waals surface area contributed by atoms with Crippen LogP contribution >= 0.6 is 0 Å². The lowest BCUT2D eigenvalue weighted by atomic mass is 10.0. The fraction of sp³-hybridized carbons (Fsp3) is 0.417. The van der Waals surface area contributed by atoms with Crippen LogP contribution in [0.1, 0.15) is 24.5 Å². The van der Waals surface area contributed by atoms with E-state index < -0.39 is 11.0 Å². The average molecular weight is 253 g/mol. The molecule has 0 aliphatic rings. The molecule has 1 N–H and O–H groups in total. The van der Waals surface area contributed by atoms with Crippen LogP contribution in [0.15, 0.2) is 24.3 Å². The molecule has 0 bridgehead atoms. The van der Waals surface area contributed by atoms with Crippen molar-refractivity contribution in [1.82, 2.24) is 0 Å². The van der Waals surface area contributed by atoms with E-state index in [0.29, 0.717) is 12.2 Å². The zero-order chi connectivity index (χ0) is 13.5. The highest BCUT2D eigenvalue weighted by Crippen LogP contribution is 2.20. The van der Waals surface area contributed by atoms with Crippen molar-refractivity contribution < 1.29 is 19.6 Å². The number of Topliss-reactive ketones (excluding diaryl/α,β-unsaturated/α-hetero) is 1. The maximum absolute atomic E-state index is 11.4. The molecule has 1 atom stereocenters. The Morgan fingerprint density at radius 3 is 2.56 bits per heavy atom. The van der Waals surface area contributed by atoms with Gasteiger partial charge < -0.3 is 9.84 Å². The van der Waals surface area contributed by atoms with Crippen LogP contribution in [0.3, 0.4) is 0 Å². The zero-order valence-electron chi connectivity index (χ0n) is 10.0. The second-order valence-corrected chi connectivity index (χ2v) is 3.85. The molecule has 1 aromatic rings. The number of aliphatic hydroxyl groups is 1. The minimum absolute atomic E-state index is 0.0127. The van der Waals surface area contributed by atoms with E-state index in [4.69, 9.17) is 4.74 Å². The number of nitrogens with zero attached hydrogens (tertiary/aromatic N) is 1. The van der Waals surface area contributed by atoms with E-state index in [1.54, 1.807) is 0 Å². The molecule has 0 fully saturated rings. The predicted molar refractivity (Wildman–Crippen MR) is 64.2 cm³/mol. The summed E-state index contributed by atoms with van der Waals surface area (Å²) in [7, 11) is 1.50. The summed E-state index contributed by atoms with van der Waals surface area (Å²) in [5.41, 5.74) is 0.447. The highest BCUT2D eigenvalue weighted by Gasteiger charge is 2.14. The highest BCUT2D eigenvalue weighted by molar-refractivity contribution is 5.79. The molecule has 0 aromatic heterocycles. The summed E-state index contributed by atoms with van der Waals surface area (Å²) >= 11 is 0. The fourth-order valence-corrected chi connectivity index (χ4v) is 1.47. The number of non-ortho nitro benzene ring substituents is 1. The summed E-state index contributed by atoms with van der Waals surface area (Å²) in [6, 6.07) is 5.51. The van der Waals surface area contributed by atoms with Gasteiger partial charge in [-0.3, -0.25) is 14.9 Å². The van der Waals surface area contributed by atoms with Crippen molar-refractivity contribution in [3.8, 4) is 0 Å². The van der Waals surface area contributed by atoms with Gasteiger partial charge in [-0.05, 0) is 17.7 Å². The molecule has 1 aromatic carbocycles. The van der Waals surface area contributed by atoms with Gasteiger partial charge in [0.05, 0.1) is 17.6 Å². The van der Waals surface area contributed by atoms with E-state index >= 15 is 0 Å². The zero-order valence-corrected chi connectivity index (χ0v) is 10.0. The third kappa shape index (κ3) is 4.23. The molecule has 0 heterocycles. The predicted octanol–water partition coefficient (Wildman–Crippen LogP) is 1.62. The molecule has 0 amide bonds. The molecule has 0 spiro atoms. The van der Waals surface area contributed by atoms with Crippen molar-refractivity contribution in [1.29, 1.82) is 0 Å². The van der Waals surface area contributed by atoms with Gasteiger partial charge in [0.2, 0.25) is 0 Å². The van der Waals surface area contributed by atoms with Gasteiger partial charge in [0.1, 0.15) is 5.78 Å². The fourth-order valence-electron chi connectivity index (χ4n) is 1.47. The molecule has 0 saturated carbocycles. The molecule has 0 unspecified atom stereocenters. The lowest BCUT2D eigenvalue weighted by Crippen LogP contribution is -2.08. The molecule has 0 radical (unpaired) electrons. The molecule has 6 heteroatoms. The molecule has 6 nitrogen and oxygen atoms in total. The van der Waals surface area contributed by atoms with Gasteiger partial charge in [-0.25, -0.2) is 0 Å². The van der Waals surface area contributed by atoms with Gasteiger partial charge >= 0.3 is 0 Å². The van der Waals surface area contributed by atoms with Crippen molar-refractivity contribution >= 4 is 11.5 Å². The molecule has 0 aliphatic heterocycles. The van der Waals surface area contributed by atoms with Crippen molar-refractivity contribution in [3.63, 3.8) is 0 Å². The monoisotopic (exact) mass is 253 g/mol. The summed E-state index contributed by atoms with van der Waals surface area (Å²) in [5.74, 6) is -0.109. The van der Waals surface area contributed by atoms with Gasteiger partial charge in [0, 0.05) is 32.1 Å². The average Bonchev–Trinajstić information content (AvgIpc) is 2.36. The smallest absolute Gasteiger partial charge is 0.269 e. The van der Waals surface area contributed by atoms with Crippen molar-refractivity contribution in [2.45, 2.75) is 18.9 Å². The number of nitro groups is 1. The van der Waals surface area contributed by atoms with Gasteiger partial charge in [-0.2, -0.15) is 0 Å². The van der Waals surface area contributed by atoms with Gasteiger partial charge in [-0.15, -0.1) is 0 Å². The number of benzene rings is 1. The van der Waals surface area contributed by atoms with Crippen LogP contribution in [0.25, 0.3) is 0 Å². The third-order valence-corrected chi connectivity index (χ3v) is 2.49. The van der Waals surface area contributed by atoms with E-state index in [9.17, 15) is 20.0 Å². The Kier molecular flexibility index (Phi) is 5.41. The Balaban J connectivity index is 2.58. The van der Waals surface area contributed by atoms with Crippen LogP contribution in [-0.2, 0) is 9.53 Å². The summed E-state index contributed by atoms with van der Waals surface area (Å²) in [4.78, 5) is 21.4. The minimum Gasteiger partial charge on any atom is -0.388 e. The number of ketones is 1. The summed E-state index contributed by atoms with van der Waals surface area (Å²) in [6.07, 6.45) is -0.697. The lowest BCUT2D eigenvalue weighted by Gasteiger charge is -2.09. The number of carbonyl (C=O) groups is 1. The molecule has 18 heavy (non-hydrogen) atoms. The number of hydrogen-bond donors (Lipinski definition) is 1. The molecule has 98 valence electrons. The minimum atomic E-state index is -0.935. The summed E-state index contributed by atoms with van der Waals surface area (Å²) in [6.45, 7) is 0.325. The summed E-state index contributed by atoms with van der Waals surface area (Å²) in [5, 5.41) is 20.2. The molecule has 0 aliphatic carbocycles. The number of carbonyl (C=O) groups excluding carboxylic acids is 1. The van der Waals surface area contributed by atoms with Gasteiger partial charge in [-0.1, -0.05) is 0 Å². The van der Waals surface area contributed by atoms with E-state index in [1.165, 1.54) is 31.4 Å². The van der Waals surface area contributed by atoms with E-state index in [-0.39, 0.29) is 24.3 Å². The Labute approximate surface area is 104 Å². The SMILES string of the molecule is COCCC(=O)C[C@@H](O)c1ccc([N+](=O)[O-])cc1. The summed E-state index contributed by atoms with van der Waals surface area (Å²) < 4.78 is 4.76. The molecule has 1 rings (SSSR count). The largest absolute Gasteiger partial charge is 0.388 e. The third-order valence-electron chi connectivity index (χ3n) is 2.49. The van der Waals surface area contributed by atoms with Crippen molar-refractivity contribution in [2.75, 3.05) is 13.7 Å². The second kappa shape index (κ2) is 6.83. The van der Waals surface area contributed by atoms with E-state index in [2.05, 4.69) is 0 Å². The number of nitro benzene ring substituents is 1. The Morgan fingerprint density at radius 2 is 2.06 bits per heavy atom. The number of hydrogen-bond acceptors (Lipinski definition) is 5. The first-order chi connectivity index (χ1) is 8.54. The Hall–Kier alpha value is -1.79. The van der Waals surface area contributed by atoms with Gasteiger partial charge in [0.15, 0.2) is 0 Å². The van der Waals surface area contributed by atoms with E-state index in [1.807, 2.05) is 0 Å². The topological polar surface area (TPSA) is 89.7 Å². The number of rotatable bonds is 7. The van der Waals surface area contributed by atoms with Crippen LogP contribution in [0.5, 0.6) is 0 Å². The molecular weight excluding hydrogens is 238 g/mol. The van der Waals surface area contributed by atoms with Crippen molar-refractivity contribution in [3.05, 3.63) is 39.9 Å². The second-order valence-electron chi connectivity index (χ2n) is 3.85. The standard InChI is InChI=1S/C12H15NO5/c1-18-7-6-11(14)8-12(15)9-2-4-10(5-3-9)13(16)17/h2-5,12,15H,6-8H2,1H3/t12-/m1/s1. The van der Waals surface area contributed by atoms with Crippen LogP contribution < -0.4 is 0 Å². The normalized spacial score (nSPS) is 12.1. The maximum Gasteiger partial charge on any atom is 0.269 e. The number of methoxy groups -OCH3 is 1. The van der Waals surface area contributed by atoms with Crippen LogP contribution in [0, 0.1) is 10.1 Å². The first-order valence-electron chi connectivity index (χ1n) is 5.47. The number of ether oxygens (including phenoxy) is 1. The number of aliphatic hydroxyl groups excluding tert-OH is 1. The molecule has 0 saturated heterocycles. The van der Waals surface area contributed by atoms with Gasteiger partial charge in [0.25, 0.3) is 5.69 Å². The first-order valence-corrected chi connectivity index (χ1v) is 5.47. The first kappa shape index (κ1) is 14.3. The maximum atomic E-state index is 11.4. The molecular formula is C12H15NO5. The van der Waals surface area contributed by atoms with Crippen LogP contribution in [0.2, 0.25) is 0 Å². The highest BCUT2D eigenvalue weighted by atomic mass is 16.6. The lowest BCUT2D eigenvalue weighted by molar-refractivity contribution is -0.384. The Bertz CT molecular complexity index is 415. The van der Waals surface area contributed by atoms with Crippen LogP contribution in [0.4, 0.5) is 5.69 Å².